The van der Waals surface area contributed by atoms with Gasteiger partial charge in [0, 0.05) is 19.1 Å². The van der Waals surface area contributed by atoms with Gasteiger partial charge in [-0.25, -0.2) is 14.2 Å². The number of alkyl carbamates (subject to hydrolysis) is 1. The van der Waals surface area contributed by atoms with Gasteiger partial charge in [-0.3, -0.25) is 0 Å². The van der Waals surface area contributed by atoms with Crippen molar-refractivity contribution in [2.45, 2.75) is 71.4 Å². The third-order valence-corrected chi connectivity index (χ3v) is 7.11. The lowest BCUT2D eigenvalue weighted by molar-refractivity contribution is 0.0442. The van der Waals surface area contributed by atoms with Crippen molar-refractivity contribution in [2.75, 3.05) is 18.0 Å². The average Bonchev–Trinajstić information content (AvgIpc) is 3.26. The molecule has 2 aliphatic rings. The Morgan fingerprint density at radius 2 is 2.03 bits per heavy atom. The largest absolute Gasteiger partial charge is 0.444 e. The smallest absolute Gasteiger partial charge is 0.407 e. The number of fused-ring (bicyclic) bond motifs is 1. The van der Waals surface area contributed by atoms with Crippen LogP contribution in [-0.2, 0) is 4.74 Å². The van der Waals surface area contributed by atoms with Gasteiger partial charge in [0.2, 0.25) is 5.95 Å². The quantitative estimate of drug-likeness (QED) is 0.725. The summed E-state index contributed by atoms with van der Waals surface area (Å²) in [5, 5.41) is 11.4. The molecule has 0 unspecified atom stereocenters. The number of amides is 1. The Morgan fingerprint density at radius 1 is 1.31 bits per heavy atom. The van der Waals surface area contributed by atoms with E-state index in [0.29, 0.717) is 0 Å². The predicted molar refractivity (Wildman–Crippen MR) is 114 cm³/mol. The first-order valence-corrected chi connectivity index (χ1v) is 11.1. The van der Waals surface area contributed by atoms with E-state index in [1.165, 1.54) is 0 Å². The number of hydrogen-bond acceptors (Lipinski definition) is 6. The van der Waals surface area contributed by atoms with E-state index in [4.69, 9.17) is 9.72 Å². The van der Waals surface area contributed by atoms with Crippen LogP contribution in [0.2, 0.25) is 0 Å². The number of piperidine rings is 1. The first kappa shape index (κ1) is 20.4. The van der Waals surface area contributed by atoms with Crippen LogP contribution in [0.3, 0.4) is 0 Å². The molecule has 1 aliphatic carbocycles. The molecule has 1 spiro atoms. The molecule has 2 aromatic heterocycles. The van der Waals surface area contributed by atoms with Gasteiger partial charge in [0.1, 0.15) is 11.9 Å². The summed E-state index contributed by atoms with van der Waals surface area (Å²) in [6, 6.07) is 0.175. The summed E-state index contributed by atoms with van der Waals surface area (Å²) in [4.78, 5) is 19.4. The monoisotopic (exact) mass is 464 g/mol. The van der Waals surface area contributed by atoms with Gasteiger partial charge in [0.25, 0.3) is 0 Å². The Hall–Kier alpha value is -1.90. The van der Waals surface area contributed by atoms with E-state index in [1.54, 1.807) is 6.33 Å². The SMILES string of the molecule is Cc1nc(N2CCC3(CCC[C@H]3NC(=O)OC(C)(C)C)CC2)n2cnnc2c1Br. The summed E-state index contributed by atoms with van der Waals surface area (Å²) in [5.41, 5.74) is 1.36. The number of aromatic nitrogens is 4. The highest BCUT2D eigenvalue weighted by molar-refractivity contribution is 9.10. The molecule has 0 radical (unpaired) electrons. The Morgan fingerprint density at radius 3 is 2.72 bits per heavy atom. The van der Waals surface area contributed by atoms with Crippen molar-refractivity contribution in [2.24, 2.45) is 5.41 Å². The molecule has 2 aromatic rings. The van der Waals surface area contributed by atoms with Gasteiger partial charge in [-0.1, -0.05) is 6.42 Å². The molecule has 1 N–H and O–H groups in total. The minimum atomic E-state index is -0.478. The molecule has 1 aliphatic heterocycles. The Balaban J connectivity index is 1.48. The van der Waals surface area contributed by atoms with E-state index in [2.05, 4.69) is 36.3 Å². The van der Waals surface area contributed by atoms with E-state index in [-0.39, 0.29) is 17.6 Å². The minimum Gasteiger partial charge on any atom is -0.444 e. The molecule has 4 rings (SSSR count). The predicted octanol–water partition coefficient (Wildman–Crippen LogP) is 3.86. The fraction of sp³-hybridized carbons (Fsp3) is 0.700. The molecule has 9 heteroatoms. The summed E-state index contributed by atoms with van der Waals surface area (Å²) in [6.45, 7) is 9.46. The van der Waals surface area contributed by atoms with Gasteiger partial charge >= 0.3 is 6.09 Å². The fourth-order valence-corrected chi connectivity index (χ4v) is 5.09. The maximum Gasteiger partial charge on any atom is 0.407 e. The van der Waals surface area contributed by atoms with E-state index < -0.39 is 5.60 Å². The van der Waals surface area contributed by atoms with Crippen LogP contribution in [0.5, 0.6) is 0 Å². The summed E-state index contributed by atoms with van der Waals surface area (Å²) >= 11 is 3.56. The van der Waals surface area contributed by atoms with Crippen molar-refractivity contribution in [1.29, 1.82) is 0 Å². The van der Waals surface area contributed by atoms with Crippen molar-refractivity contribution in [3.8, 4) is 0 Å². The number of anilines is 1. The second-order valence-corrected chi connectivity index (χ2v) is 10.1. The number of hydrogen-bond donors (Lipinski definition) is 1. The van der Waals surface area contributed by atoms with Crippen molar-refractivity contribution >= 4 is 33.6 Å². The van der Waals surface area contributed by atoms with Gasteiger partial charge in [0.15, 0.2) is 5.65 Å². The molecule has 1 saturated carbocycles. The van der Waals surface area contributed by atoms with E-state index in [0.717, 1.165) is 67.0 Å². The first-order valence-electron chi connectivity index (χ1n) is 10.3. The van der Waals surface area contributed by atoms with Crippen molar-refractivity contribution < 1.29 is 9.53 Å². The van der Waals surface area contributed by atoms with Crippen LogP contribution in [0.1, 0.15) is 58.6 Å². The van der Waals surface area contributed by atoms with Crippen molar-refractivity contribution in [1.82, 2.24) is 24.9 Å². The topological polar surface area (TPSA) is 84.7 Å². The Labute approximate surface area is 179 Å². The van der Waals surface area contributed by atoms with Gasteiger partial charge in [-0.2, -0.15) is 0 Å². The zero-order chi connectivity index (χ0) is 20.8. The van der Waals surface area contributed by atoms with Crippen LogP contribution in [-0.4, -0.2) is 50.4 Å². The molecule has 0 bridgehead atoms. The van der Waals surface area contributed by atoms with Crippen LogP contribution in [0.25, 0.3) is 5.65 Å². The van der Waals surface area contributed by atoms with E-state index in [1.807, 2.05) is 32.1 Å². The number of nitrogens with zero attached hydrogens (tertiary/aromatic N) is 5. The zero-order valence-corrected chi connectivity index (χ0v) is 19.1. The zero-order valence-electron chi connectivity index (χ0n) is 17.5. The normalized spacial score (nSPS) is 21.7. The van der Waals surface area contributed by atoms with E-state index >= 15 is 0 Å². The summed E-state index contributed by atoms with van der Waals surface area (Å²) in [6.07, 6.45) is 6.77. The fourth-order valence-electron chi connectivity index (χ4n) is 4.73. The minimum absolute atomic E-state index is 0.143. The van der Waals surface area contributed by atoms with E-state index in [9.17, 15) is 4.79 Å². The number of nitrogens with one attached hydrogen (secondary N) is 1. The molecular weight excluding hydrogens is 436 g/mol. The number of carbonyl (C=O) groups excluding carboxylic acids is 1. The lowest BCUT2D eigenvalue weighted by Crippen LogP contribution is -2.51. The highest BCUT2D eigenvalue weighted by Crippen LogP contribution is 2.47. The Kier molecular flexibility index (Phi) is 5.21. The highest BCUT2D eigenvalue weighted by Gasteiger charge is 2.46. The summed E-state index contributed by atoms with van der Waals surface area (Å²) in [5.74, 6) is 0.884. The Bertz CT molecular complexity index is 914. The van der Waals surface area contributed by atoms with Gasteiger partial charge in [-0.05, 0) is 74.7 Å². The maximum absolute atomic E-state index is 12.3. The second kappa shape index (κ2) is 7.41. The van der Waals surface area contributed by atoms with Crippen LogP contribution >= 0.6 is 15.9 Å². The third kappa shape index (κ3) is 3.93. The molecular formula is C20H29BrN6O2. The molecule has 0 aromatic carbocycles. The van der Waals surface area contributed by atoms with Crippen LogP contribution in [0.15, 0.2) is 10.8 Å². The average molecular weight is 465 g/mol. The standard InChI is InChI=1S/C20H29BrN6O2/c1-13-15(21)16-25-22-12-27(16)17(23-13)26-10-8-20(9-11-26)7-5-6-14(20)24-18(28)29-19(2,3)4/h12,14H,5-11H2,1-4H3,(H,24,28)/t14-/m1/s1. The van der Waals surface area contributed by atoms with Crippen LogP contribution < -0.4 is 10.2 Å². The number of carbonyl (C=O) groups is 1. The maximum atomic E-state index is 12.3. The number of aryl methyl sites for hydroxylation is 1. The molecule has 29 heavy (non-hydrogen) atoms. The molecule has 2 fully saturated rings. The molecule has 1 saturated heterocycles. The lowest BCUT2D eigenvalue weighted by atomic mass is 9.74. The molecule has 1 atom stereocenters. The molecule has 1 amide bonds. The summed E-state index contributed by atoms with van der Waals surface area (Å²) < 4.78 is 8.32. The van der Waals surface area contributed by atoms with Gasteiger partial charge < -0.3 is 15.0 Å². The number of rotatable bonds is 2. The molecule has 3 heterocycles. The van der Waals surface area contributed by atoms with Crippen molar-refractivity contribution in [3.63, 3.8) is 0 Å². The van der Waals surface area contributed by atoms with Crippen molar-refractivity contribution in [3.05, 3.63) is 16.5 Å². The highest BCUT2D eigenvalue weighted by atomic mass is 79.9. The lowest BCUT2D eigenvalue weighted by Gasteiger charge is -2.43. The van der Waals surface area contributed by atoms with Crippen LogP contribution in [0, 0.1) is 12.3 Å². The number of halogens is 1. The third-order valence-electron chi connectivity index (χ3n) is 6.18. The van der Waals surface area contributed by atoms with Gasteiger partial charge in [0.05, 0.1) is 10.2 Å². The molecule has 8 nitrogen and oxygen atoms in total. The second-order valence-electron chi connectivity index (χ2n) is 9.28. The van der Waals surface area contributed by atoms with Gasteiger partial charge in [-0.15, -0.1) is 10.2 Å². The number of ether oxygens (including phenoxy) is 1. The summed E-state index contributed by atoms with van der Waals surface area (Å²) in [7, 11) is 0. The first-order chi connectivity index (χ1) is 13.7. The molecule has 158 valence electrons. The van der Waals surface area contributed by atoms with Crippen LogP contribution in [0.4, 0.5) is 10.7 Å².